The van der Waals surface area contributed by atoms with Crippen molar-refractivity contribution in [2.75, 3.05) is 26.3 Å². The van der Waals surface area contributed by atoms with Gasteiger partial charge in [-0.25, -0.2) is 18.4 Å². The van der Waals surface area contributed by atoms with E-state index in [0.717, 1.165) is 29.5 Å². The van der Waals surface area contributed by atoms with Crippen molar-refractivity contribution in [3.63, 3.8) is 0 Å². The van der Waals surface area contributed by atoms with Crippen molar-refractivity contribution in [2.45, 2.75) is 33.4 Å². The van der Waals surface area contributed by atoms with Gasteiger partial charge in [0.05, 0.1) is 31.4 Å². The first-order valence-corrected chi connectivity index (χ1v) is 11.8. The predicted octanol–water partition coefficient (Wildman–Crippen LogP) is 4.78. The SMILES string of the molecule is C=C1COC[C@@H](CN)CN1[C@@H](c1nc(-c2cc(F)ccc2F)nn1Cc1ccccc1)C(C)(C)C. The van der Waals surface area contributed by atoms with Gasteiger partial charge in [-0.1, -0.05) is 57.7 Å². The zero-order chi connectivity index (χ0) is 25.2. The molecule has 0 unspecified atom stereocenters. The van der Waals surface area contributed by atoms with Crippen LogP contribution in [0.1, 0.15) is 38.2 Å². The van der Waals surface area contributed by atoms with Crippen molar-refractivity contribution in [3.05, 3.63) is 83.8 Å². The number of benzene rings is 2. The molecule has 4 rings (SSSR count). The predicted molar refractivity (Wildman–Crippen MR) is 132 cm³/mol. The van der Waals surface area contributed by atoms with Gasteiger partial charge in [0.2, 0.25) is 0 Å². The van der Waals surface area contributed by atoms with E-state index in [1.54, 1.807) is 4.68 Å². The summed E-state index contributed by atoms with van der Waals surface area (Å²) in [5, 5.41) is 4.68. The number of nitrogens with zero attached hydrogens (tertiary/aromatic N) is 4. The summed E-state index contributed by atoms with van der Waals surface area (Å²) in [6.45, 7) is 13.2. The molecule has 2 atom stereocenters. The third kappa shape index (κ3) is 5.60. The van der Waals surface area contributed by atoms with Crippen LogP contribution in [0.2, 0.25) is 0 Å². The Morgan fingerprint density at radius 3 is 2.60 bits per heavy atom. The number of ether oxygens (including phenoxy) is 1. The molecule has 2 aromatic carbocycles. The molecular weight excluding hydrogens is 448 g/mol. The molecule has 0 spiro atoms. The summed E-state index contributed by atoms with van der Waals surface area (Å²) in [6.07, 6.45) is 0. The highest BCUT2D eigenvalue weighted by Crippen LogP contribution is 2.41. The molecule has 0 bridgehead atoms. The Hall–Kier alpha value is -3.10. The third-order valence-electron chi connectivity index (χ3n) is 6.24. The van der Waals surface area contributed by atoms with Gasteiger partial charge >= 0.3 is 0 Å². The van der Waals surface area contributed by atoms with Crippen LogP contribution < -0.4 is 5.73 Å². The Balaban J connectivity index is 1.87. The maximum atomic E-state index is 14.7. The minimum absolute atomic E-state index is 0.0311. The lowest BCUT2D eigenvalue weighted by atomic mass is 9.84. The summed E-state index contributed by atoms with van der Waals surface area (Å²) in [7, 11) is 0. The van der Waals surface area contributed by atoms with E-state index in [0.29, 0.717) is 38.7 Å². The molecule has 1 fully saturated rings. The Labute approximate surface area is 205 Å². The number of hydrogen-bond acceptors (Lipinski definition) is 5. The highest BCUT2D eigenvalue weighted by molar-refractivity contribution is 5.55. The van der Waals surface area contributed by atoms with E-state index < -0.39 is 11.6 Å². The zero-order valence-electron chi connectivity index (χ0n) is 20.5. The van der Waals surface area contributed by atoms with Gasteiger partial charge in [0, 0.05) is 18.2 Å². The van der Waals surface area contributed by atoms with E-state index in [9.17, 15) is 8.78 Å². The van der Waals surface area contributed by atoms with E-state index >= 15 is 0 Å². The van der Waals surface area contributed by atoms with Crippen LogP contribution in [-0.4, -0.2) is 46.0 Å². The average Bonchev–Trinajstić information content (AvgIpc) is 3.11. The summed E-state index contributed by atoms with van der Waals surface area (Å²) >= 11 is 0. The number of nitrogens with two attached hydrogens (primary N) is 1. The lowest BCUT2D eigenvalue weighted by molar-refractivity contribution is 0.112. The van der Waals surface area contributed by atoms with E-state index in [4.69, 9.17) is 15.5 Å². The van der Waals surface area contributed by atoms with Crippen LogP contribution in [0, 0.1) is 23.0 Å². The summed E-state index contributed by atoms with van der Waals surface area (Å²) < 4.78 is 36.4. The second-order valence-electron chi connectivity index (χ2n) is 10.2. The maximum absolute atomic E-state index is 14.7. The number of rotatable bonds is 6. The Morgan fingerprint density at radius 2 is 1.91 bits per heavy atom. The Morgan fingerprint density at radius 1 is 1.17 bits per heavy atom. The van der Waals surface area contributed by atoms with Gasteiger partial charge in [0.15, 0.2) is 11.6 Å². The molecule has 0 radical (unpaired) electrons. The molecule has 2 N–H and O–H groups in total. The highest BCUT2D eigenvalue weighted by atomic mass is 19.1. The smallest absolute Gasteiger partial charge is 0.184 e. The molecule has 1 aliphatic rings. The molecule has 0 aliphatic carbocycles. The van der Waals surface area contributed by atoms with Crippen LogP contribution >= 0.6 is 0 Å². The fourth-order valence-electron chi connectivity index (χ4n) is 4.52. The van der Waals surface area contributed by atoms with Crippen LogP contribution in [0.4, 0.5) is 8.78 Å². The molecule has 1 aliphatic heterocycles. The molecular formula is C27H33F2N5O. The second-order valence-corrected chi connectivity index (χ2v) is 10.2. The third-order valence-corrected chi connectivity index (χ3v) is 6.24. The molecule has 35 heavy (non-hydrogen) atoms. The normalized spacial score (nSPS) is 17.9. The summed E-state index contributed by atoms with van der Waals surface area (Å²) in [5.41, 5.74) is 7.61. The van der Waals surface area contributed by atoms with Gasteiger partial charge in [-0.05, 0) is 35.7 Å². The van der Waals surface area contributed by atoms with E-state index in [1.807, 2.05) is 30.3 Å². The Bertz CT molecular complexity index is 1170. The molecule has 0 saturated carbocycles. The largest absolute Gasteiger partial charge is 0.375 e. The monoisotopic (exact) mass is 481 g/mol. The van der Waals surface area contributed by atoms with Gasteiger partial charge in [0.1, 0.15) is 11.6 Å². The van der Waals surface area contributed by atoms with Crippen molar-refractivity contribution in [1.82, 2.24) is 19.7 Å². The van der Waals surface area contributed by atoms with E-state index in [-0.39, 0.29) is 28.8 Å². The van der Waals surface area contributed by atoms with Crippen LogP contribution in [0.5, 0.6) is 0 Å². The fourth-order valence-corrected chi connectivity index (χ4v) is 4.52. The summed E-state index contributed by atoms with van der Waals surface area (Å²) in [5.74, 6) is -0.186. The maximum Gasteiger partial charge on any atom is 0.184 e. The van der Waals surface area contributed by atoms with Gasteiger partial charge < -0.3 is 15.4 Å². The molecule has 6 nitrogen and oxygen atoms in total. The molecule has 1 saturated heterocycles. The molecule has 8 heteroatoms. The van der Waals surface area contributed by atoms with Crippen molar-refractivity contribution in [1.29, 1.82) is 0 Å². The minimum atomic E-state index is -0.571. The van der Waals surface area contributed by atoms with E-state index in [1.165, 1.54) is 0 Å². The van der Waals surface area contributed by atoms with Crippen molar-refractivity contribution < 1.29 is 13.5 Å². The fraction of sp³-hybridized carbons (Fsp3) is 0.407. The number of aromatic nitrogens is 3. The summed E-state index contributed by atoms with van der Waals surface area (Å²) in [4.78, 5) is 7.02. The lowest BCUT2D eigenvalue weighted by Gasteiger charge is -2.42. The van der Waals surface area contributed by atoms with Crippen LogP contribution in [0.25, 0.3) is 11.4 Å². The average molecular weight is 482 g/mol. The number of hydrogen-bond donors (Lipinski definition) is 1. The molecule has 0 amide bonds. The first kappa shape index (κ1) is 25.0. The highest BCUT2D eigenvalue weighted by Gasteiger charge is 2.39. The van der Waals surface area contributed by atoms with Crippen LogP contribution in [-0.2, 0) is 11.3 Å². The molecule has 2 heterocycles. The zero-order valence-corrected chi connectivity index (χ0v) is 20.5. The number of halogens is 2. The Kier molecular flexibility index (Phi) is 7.33. The van der Waals surface area contributed by atoms with Crippen molar-refractivity contribution >= 4 is 0 Å². The first-order chi connectivity index (χ1) is 16.7. The quantitative estimate of drug-likeness (QED) is 0.549. The van der Waals surface area contributed by atoms with Gasteiger partial charge in [-0.3, -0.25) is 0 Å². The van der Waals surface area contributed by atoms with Crippen LogP contribution in [0.15, 0.2) is 60.8 Å². The van der Waals surface area contributed by atoms with Crippen LogP contribution in [0.3, 0.4) is 0 Å². The topological polar surface area (TPSA) is 69.2 Å². The van der Waals surface area contributed by atoms with Crippen molar-refractivity contribution in [3.8, 4) is 11.4 Å². The minimum Gasteiger partial charge on any atom is -0.375 e. The van der Waals surface area contributed by atoms with E-state index in [2.05, 4.69) is 37.3 Å². The van der Waals surface area contributed by atoms with Crippen molar-refractivity contribution in [2.24, 2.45) is 17.1 Å². The standard InChI is InChI=1S/C27H33F2N5O/c1-18-16-35-17-20(13-30)14-33(18)24(27(2,3)4)26-31-25(22-12-21(28)10-11-23(22)29)32-34(26)15-19-8-6-5-7-9-19/h5-12,20,24H,1,13-17,30H2,2-4H3/t20-,24-/m0/s1. The molecule has 186 valence electrons. The van der Waals surface area contributed by atoms with Gasteiger partial charge in [0.25, 0.3) is 0 Å². The first-order valence-electron chi connectivity index (χ1n) is 11.8. The van der Waals surface area contributed by atoms with Gasteiger partial charge in [-0.2, -0.15) is 5.10 Å². The second kappa shape index (κ2) is 10.3. The molecule has 1 aromatic heterocycles. The lowest BCUT2D eigenvalue weighted by Crippen LogP contribution is -2.41. The van der Waals surface area contributed by atoms with Gasteiger partial charge in [-0.15, -0.1) is 0 Å². The summed E-state index contributed by atoms with van der Waals surface area (Å²) in [6, 6.07) is 12.9. The molecule has 3 aromatic rings.